The zero-order valence-corrected chi connectivity index (χ0v) is 17.1. The number of urea groups is 1. The van der Waals surface area contributed by atoms with Gasteiger partial charge in [0.1, 0.15) is 13.2 Å². The number of ether oxygens (including phenoxy) is 3. The first kappa shape index (κ1) is 20.3. The zero-order chi connectivity index (χ0) is 21.1. The van der Waals surface area contributed by atoms with Crippen molar-refractivity contribution in [2.45, 2.75) is 32.2 Å². The molecule has 0 aromatic heterocycles. The van der Waals surface area contributed by atoms with Crippen LogP contribution in [0.1, 0.15) is 26.2 Å². The fourth-order valence-corrected chi connectivity index (χ4v) is 4.13. The molecule has 0 unspecified atom stereocenters. The number of amides is 3. The van der Waals surface area contributed by atoms with Gasteiger partial charge >= 0.3 is 12.0 Å². The molecule has 0 saturated carbocycles. The standard InChI is InChI=1S/C21H27N3O6/c1-2-28-20(26)14-4-3-7-23(12-14)21(27)22-15-10-19(25)24(13-15)16-5-6-17-18(11-16)30-9-8-29-17/h5-6,11,14-15H,2-4,7-10,12-13H2,1H3,(H,22,27)/t14-,15-/m1/s1. The normalized spacial score (nSPS) is 23.3. The number of benzene rings is 1. The van der Waals surface area contributed by atoms with E-state index in [0.717, 1.165) is 18.5 Å². The fraction of sp³-hybridized carbons (Fsp3) is 0.571. The summed E-state index contributed by atoms with van der Waals surface area (Å²) in [4.78, 5) is 40.6. The molecule has 0 aliphatic carbocycles. The lowest BCUT2D eigenvalue weighted by Crippen LogP contribution is -2.50. The number of carbonyl (C=O) groups excluding carboxylic acids is 3. The van der Waals surface area contributed by atoms with Gasteiger partial charge in [0.05, 0.1) is 18.6 Å². The van der Waals surface area contributed by atoms with Crippen molar-refractivity contribution in [1.82, 2.24) is 10.2 Å². The van der Waals surface area contributed by atoms with Crippen LogP contribution in [0.3, 0.4) is 0 Å². The minimum atomic E-state index is -0.291. The average Bonchev–Trinajstić information content (AvgIpc) is 3.13. The first-order chi connectivity index (χ1) is 14.5. The summed E-state index contributed by atoms with van der Waals surface area (Å²) in [6.07, 6.45) is 1.71. The molecular weight excluding hydrogens is 390 g/mol. The summed E-state index contributed by atoms with van der Waals surface area (Å²) in [7, 11) is 0. The number of piperidine rings is 1. The van der Waals surface area contributed by atoms with Gasteiger partial charge in [-0.2, -0.15) is 0 Å². The second-order valence-corrected chi connectivity index (χ2v) is 7.72. The van der Waals surface area contributed by atoms with Crippen molar-refractivity contribution in [2.24, 2.45) is 5.92 Å². The van der Waals surface area contributed by atoms with Crippen LogP contribution in [0.25, 0.3) is 0 Å². The molecule has 2 fully saturated rings. The molecule has 4 rings (SSSR count). The highest BCUT2D eigenvalue weighted by molar-refractivity contribution is 5.97. The summed E-state index contributed by atoms with van der Waals surface area (Å²) in [5.41, 5.74) is 0.723. The lowest BCUT2D eigenvalue weighted by molar-refractivity contribution is -0.149. The second-order valence-electron chi connectivity index (χ2n) is 7.72. The van der Waals surface area contributed by atoms with Crippen LogP contribution in [0.5, 0.6) is 11.5 Å². The number of nitrogens with one attached hydrogen (secondary N) is 1. The molecule has 3 amide bonds. The van der Waals surface area contributed by atoms with Crippen LogP contribution < -0.4 is 19.7 Å². The van der Waals surface area contributed by atoms with Crippen molar-refractivity contribution >= 4 is 23.6 Å². The highest BCUT2D eigenvalue weighted by atomic mass is 16.6. The number of anilines is 1. The Morgan fingerprint density at radius 1 is 1.20 bits per heavy atom. The number of esters is 1. The lowest BCUT2D eigenvalue weighted by Gasteiger charge is -2.32. The van der Waals surface area contributed by atoms with Crippen molar-refractivity contribution < 1.29 is 28.6 Å². The fourth-order valence-electron chi connectivity index (χ4n) is 4.13. The number of fused-ring (bicyclic) bond motifs is 1. The van der Waals surface area contributed by atoms with Gasteiger partial charge in [-0.05, 0) is 31.9 Å². The van der Waals surface area contributed by atoms with Crippen LogP contribution >= 0.6 is 0 Å². The molecule has 9 nitrogen and oxygen atoms in total. The lowest BCUT2D eigenvalue weighted by atomic mass is 9.98. The van der Waals surface area contributed by atoms with E-state index < -0.39 is 0 Å². The number of carbonyl (C=O) groups is 3. The smallest absolute Gasteiger partial charge is 0.317 e. The Morgan fingerprint density at radius 2 is 2.00 bits per heavy atom. The van der Waals surface area contributed by atoms with E-state index in [9.17, 15) is 14.4 Å². The Kier molecular flexibility index (Phi) is 5.96. The maximum atomic E-state index is 12.7. The third-order valence-corrected chi connectivity index (χ3v) is 5.62. The first-order valence-electron chi connectivity index (χ1n) is 10.5. The van der Waals surface area contributed by atoms with Crippen LogP contribution in [0.4, 0.5) is 10.5 Å². The van der Waals surface area contributed by atoms with E-state index in [2.05, 4.69) is 5.32 Å². The van der Waals surface area contributed by atoms with Crippen LogP contribution in [-0.4, -0.2) is 68.3 Å². The van der Waals surface area contributed by atoms with Gasteiger partial charge in [-0.15, -0.1) is 0 Å². The van der Waals surface area contributed by atoms with E-state index in [0.29, 0.717) is 51.0 Å². The molecule has 1 N–H and O–H groups in total. The van der Waals surface area contributed by atoms with Gasteiger partial charge in [-0.25, -0.2) is 4.79 Å². The Balaban J connectivity index is 1.35. The number of likely N-dealkylation sites (tertiary alicyclic amines) is 1. The molecule has 1 aromatic carbocycles. The van der Waals surface area contributed by atoms with Crippen LogP contribution in [0.2, 0.25) is 0 Å². The summed E-state index contributed by atoms with van der Waals surface area (Å²) >= 11 is 0. The molecule has 3 heterocycles. The van der Waals surface area contributed by atoms with Crippen LogP contribution in [0.15, 0.2) is 18.2 Å². The van der Waals surface area contributed by atoms with Gasteiger partial charge in [0, 0.05) is 37.8 Å². The molecule has 2 saturated heterocycles. The molecule has 1 aromatic rings. The van der Waals surface area contributed by atoms with E-state index in [1.54, 1.807) is 28.9 Å². The van der Waals surface area contributed by atoms with Crippen LogP contribution in [-0.2, 0) is 14.3 Å². The Labute approximate surface area is 175 Å². The molecule has 9 heteroatoms. The van der Waals surface area contributed by atoms with Crippen molar-refractivity contribution in [3.8, 4) is 11.5 Å². The third kappa shape index (κ3) is 4.29. The molecule has 0 bridgehead atoms. The monoisotopic (exact) mass is 417 g/mol. The van der Waals surface area contributed by atoms with Gasteiger partial charge in [-0.3, -0.25) is 9.59 Å². The zero-order valence-electron chi connectivity index (χ0n) is 17.1. The molecular formula is C21H27N3O6. The molecule has 3 aliphatic rings. The molecule has 30 heavy (non-hydrogen) atoms. The van der Waals surface area contributed by atoms with E-state index in [-0.39, 0.29) is 36.3 Å². The van der Waals surface area contributed by atoms with Gasteiger partial charge < -0.3 is 29.3 Å². The van der Waals surface area contributed by atoms with E-state index in [1.165, 1.54) is 0 Å². The van der Waals surface area contributed by atoms with E-state index in [4.69, 9.17) is 14.2 Å². The number of nitrogens with zero attached hydrogens (tertiary/aromatic N) is 2. The van der Waals surface area contributed by atoms with Gasteiger partial charge in [-0.1, -0.05) is 0 Å². The Morgan fingerprint density at radius 3 is 2.80 bits per heavy atom. The number of hydrogen-bond acceptors (Lipinski definition) is 6. The molecule has 0 spiro atoms. The maximum absolute atomic E-state index is 12.7. The molecule has 162 valence electrons. The Hall–Kier alpha value is -2.97. The van der Waals surface area contributed by atoms with E-state index >= 15 is 0 Å². The van der Waals surface area contributed by atoms with Crippen LogP contribution in [0, 0.1) is 5.92 Å². The highest BCUT2D eigenvalue weighted by Gasteiger charge is 2.35. The minimum Gasteiger partial charge on any atom is -0.486 e. The summed E-state index contributed by atoms with van der Waals surface area (Å²) in [5.74, 6) is 0.694. The summed E-state index contributed by atoms with van der Waals surface area (Å²) < 4.78 is 16.2. The maximum Gasteiger partial charge on any atom is 0.317 e. The number of rotatable bonds is 4. The SMILES string of the molecule is CCOC(=O)[C@@H]1CCCN(C(=O)N[C@@H]2CC(=O)N(c3ccc4c(c3)OCCO4)C2)C1. The average molecular weight is 417 g/mol. The summed E-state index contributed by atoms with van der Waals surface area (Å²) in [5, 5.41) is 2.95. The summed E-state index contributed by atoms with van der Waals surface area (Å²) in [6, 6.07) is 4.88. The van der Waals surface area contributed by atoms with Gasteiger partial charge in [0.2, 0.25) is 5.91 Å². The highest BCUT2D eigenvalue weighted by Crippen LogP contribution is 2.35. The first-order valence-corrected chi connectivity index (χ1v) is 10.5. The Bertz CT molecular complexity index is 829. The predicted octanol–water partition coefficient (Wildman–Crippen LogP) is 1.55. The third-order valence-electron chi connectivity index (χ3n) is 5.62. The van der Waals surface area contributed by atoms with Gasteiger partial charge in [0.15, 0.2) is 11.5 Å². The molecule has 2 atom stereocenters. The van der Waals surface area contributed by atoms with Crippen molar-refractivity contribution in [1.29, 1.82) is 0 Å². The van der Waals surface area contributed by atoms with E-state index in [1.807, 2.05) is 6.07 Å². The quantitative estimate of drug-likeness (QED) is 0.747. The minimum absolute atomic E-state index is 0.0555. The molecule has 3 aliphatic heterocycles. The number of hydrogen-bond donors (Lipinski definition) is 1. The van der Waals surface area contributed by atoms with Gasteiger partial charge in [0.25, 0.3) is 0 Å². The second kappa shape index (κ2) is 8.81. The van der Waals surface area contributed by atoms with Crippen molar-refractivity contribution in [3.63, 3.8) is 0 Å². The summed E-state index contributed by atoms with van der Waals surface area (Å²) in [6.45, 7) is 4.42. The largest absolute Gasteiger partial charge is 0.486 e. The molecule has 0 radical (unpaired) electrons. The topological polar surface area (TPSA) is 97.4 Å². The van der Waals surface area contributed by atoms with Crippen molar-refractivity contribution in [2.75, 3.05) is 44.4 Å². The van der Waals surface area contributed by atoms with Crippen molar-refractivity contribution in [3.05, 3.63) is 18.2 Å². The predicted molar refractivity (Wildman–Crippen MR) is 108 cm³/mol.